The van der Waals surface area contributed by atoms with Crippen LogP contribution in [0.4, 0.5) is 26.3 Å². The fourth-order valence-electron chi connectivity index (χ4n) is 5.80. The number of amides is 1. The topological polar surface area (TPSA) is 26.8 Å². The van der Waals surface area contributed by atoms with Gasteiger partial charge in [-0.1, -0.05) is 23.7 Å². The van der Waals surface area contributed by atoms with Crippen LogP contribution in [-0.2, 0) is 12.4 Å². The number of halogens is 7. The van der Waals surface area contributed by atoms with Crippen molar-refractivity contribution < 1.29 is 31.1 Å². The molecule has 2 aliphatic heterocycles. The zero-order valence-corrected chi connectivity index (χ0v) is 22.0. The molecule has 0 bridgehead atoms. The monoisotopic (exact) mass is 573 g/mol. The summed E-state index contributed by atoms with van der Waals surface area (Å²) in [6.07, 6.45) is -6.89. The number of piperazine rings is 1. The predicted octanol–water partition coefficient (Wildman–Crippen LogP) is 6.40. The zero-order valence-electron chi connectivity index (χ0n) is 21.2. The van der Waals surface area contributed by atoms with Crippen LogP contribution >= 0.6 is 11.6 Å². The number of hydrogen-bond donors (Lipinski definition) is 0. The van der Waals surface area contributed by atoms with Crippen molar-refractivity contribution >= 4 is 17.5 Å². The van der Waals surface area contributed by atoms with Crippen molar-refractivity contribution in [3.8, 4) is 0 Å². The highest BCUT2D eigenvalue weighted by molar-refractivity contribution is 6.30. The third-order valence-corrected chi connectivity index (χ3v) is 8.34. The minimum Gasteiger partial charge on any atom is -0.338 e. The maximum absolute atomic E-state index is 13.4. The molecule has 0 radical (unpaired) electrons. The van der Waals surface area contributed by atoms with Crippen molar-refractivity contribution in [1.82, 2.24) is 14.7 Å². The van der Waals surface area contributed by atoms with E-state index in [1.807, 2.05) is 12.1 Å². The summed E-state index contributed by atoms with van der Waals surface area (Å²) in [7, 11) is 0. The van der Waals surface area contributed by atoms with Gasteiger partial charge in [0.05, 0.1) is 11.1 Å². The molecule has 0 aromatic heterocycles. The van der Waals surface area contributed by atoms with Crippen LogP contribution in [0.1, 0.15) is 52.2 Å². The number of alkyl halides is 6. The Morgan fingerprint density at radius 3 is 1.95 bits per heavy atom. The van der Waals surface area contributed by atoms with Gasteiger partial charge < -0.3 is 9.80 Å². The molecule has 11 heteroatoms. The summed E-state index contributed by atoms with van der Waals surface area (Å²) < 4.78 is 80.4. The van der Waals surface area contributed by atoms with Crippen LogP contribution in [0.2, 0.25) is 5.02 Å². The normalized spacial score (nSPS) is 23.7. The van der Waals surface area contributed by atoms with E-state index in [1.54, 1.807) is 12.1 Å². The van der Waals surface area contributed by atoms with E-state index in [1.165, 1.54) is 17.7 Å². The van der Waals surface area contributed by atoms with E-state index in [0.717, 1.165) is 44.2 Å². The molecule has 4 nitrogen and oxygen atoms in total. The lowest BCUT2D eigenvalue weighted by Crippen LogP contribution is -2.56. The van der Waals surface area contributed by atoms with Gasteiger partial charge in [-0.25, -0.2) is 0 Å². The number of carbonyl (C=O) groups excluding carboxylic acids is 1. The van der Waals surface area contributed by atoms with Crippen LogP contribution < -0.4 is 0 Å². The van der Waals surface area contributed by atoms with Crippen molar-refractivity contribution in [2.24, 2.45) is 5.92 Å². The molecular weight excluding hydrogens is 544 g/mol. The molecule has 0 N–H and O–H groups in total. The van der Waals surface area contributed by atoms with Gasteiger partial charge in [0.1, 0.15) is 0 Å². The maximum Gasteiger partial charge on any atom is 0.416 e. The number of carbonyl (C=O) groups is 1. The quantitative estimate of drug-likeness (QED) is 0.387. The standard InChI is InChI=1S/C28H30ClF6N3O/c29-23-5-3-19(4-6-23)24-17-38(8-7-25(24)37-11-9-36(10-12-37)16-18-1-2-18)26(39)20-13-21(27(30,31)32)15-22(14-20)28(33,34)35/h3-6,13-15,18,24-25H,1-2,7-12,16-17H2. The first-order valence-corrected chi connectivity index (χ1v) is 13.6. The smallest absolute Gasteiger partial charge is 0.338 e. The summed E-state index contributed by atoms with van der Waals surface area (Å²) in [5.74, 6) is -0.192. The Kier molecular flexibility index (Phi) is 7.92. The Morgan fingerprint density at radius 1 is 0.821 bits per heavy atom. The van der Waals surface area contributed by atoms with Gasteiger partial charge in [0.15, 0.2) is 0 Å². The molecule has 1 aliphatic carbocycles. The van der Waals surface area contributed by atoms with E-state index in [0.29, 0.717) is 23.6 Å². The molecule has 0 spiro atoms. The molecule has 2 unspecified atom stereocenters. The highest BCUT2D eigenvalue weighted by Gasteiger charge is 2.40. The molecular formula is C28H30ClF6N3O. The highest BCUT2D eigenvalue weighted by Crippen LogP contribution is 2.38. The van der Waals surface area contributed by atoms with Crippen molar-refractivity contribution in [3.63, 3.8) is 0 Å². The van der Waals surface area contributed by atoms with Gasteiger partial charge in [-0.15, -0.1) is 0 Å². The Bertz CT molecular complexity index is 1140. The van der Waals surface area contributed by atoms with Gasteiger partial charge in [-0.05, 0) is 61.1 Å². The highest BCUT2D eigenvalue weighted by atomic mass is 35.5. The third kappa shape index (κ3) is 6.72. The molecule has 2 heterocycles. The van der Waals surface area contributed by atoms with Gasteiger partial charge in [0, 0.05) is 68.4 Å². The van der Waals surface area contributed by atoms with Gasteiger partial charge in [0.25, 0.3) is 5.91 Å². The number of hydrogen-bond acceptors (Lipinski definition) is 3. The van der Waals surface area contributed by atoms with E-state index in [-0.39, 0.29) is 31.1 Å². The van der Waals surface area contributed by atoms with Gasteiger partial charge in [0.2, 0.25) is 0 Å². The Hall–Kier alpha value is -2.30. The lowest BCUT2D eigenvalue weighted by atomic mass is 9.84. The molecule has 1 saturated carbocycles. The lowest BCUT2D eigenvalue weighted by molar-refractivity contribution is -0.143. The molecule has 2 atom stereocenters. The number of nitrogens with zero attached hydrogens (tertiary/aromatic N) is 3. The van der Waals surface area contributed by atoms with E-state index in [9.17, 15) is 31.1 Å². The van der Waals surface area contributed by atoms with Crippen LogP contribution in [0.25, 0.3) is 0 Å². The fourth-order valence-corrected chi connectivity index (χ4v) is 5.93. The number of likely N-dealkylation sites (tertiary alicyclic amines) is 1. The van der Waals surface area contributed by atoms with Crippen molar-refractivity contribution in [2.45, 2.75) is 43.6 Å². The third-order valence-electron chi connectivity index (χ3n) is 8.09. The van der Waals surface area contributed by atoms with E-state index in [2.05, 4.69) is 9.80 Å². The second kappa shape index (κ2) is 10.9. The van der Waals surface area contributed by atoms with Crippen LogP contribution in [0, 0.1) is 5.92 Å². The largest absolute Gasteiger partial charge is 0.416 e. The summed E-state index contributed by atoms with van der Waals surface area (Å²) in [6.45, 7) is 5.20. The molecule has 2 aromatic carbocycles. The van der Waals surface area contributed by atoms with Crippen LogP contribution in [0.5, 0.6) is 0 Å². The Morgan fingerprint density at radius 2 is 1.41 bits per heavy atom. The summed E-state index contributed by atoms with van der Waals surface area (Å²) in [6, 6.07) is 8.43. The maximum atomic E-state index is 13.4. The summed E-state index contributed by atoms with van der Waals surface area (Å²) in [5, 5.41) is 0.552. The molecule has 212 valence electrons. The molecule has 1 amide bonds. The Labute approximate surface area is 228 Å². The minimum absolute atomic E-state index is 0.0440. The molecule has 39 heavy (non-hydrogen) atoms. The molecule has 2 aromatic rings. The van der Waals surface area contributed by atoms with Crippen molar-refractivity contribution in [2.75, 3.05) is 45.8 Å². The average molecular weight is 574 g/mol. The van der Waals surface area contributed by atoms with Crippen LogP contribution in [-0.4, -0.2) is 72.5 Å². The molecule has 3 aliphatic rings. The number of rotatable bonds is 5. The van der Waals surface area contributed by atoms with E-state index in [4.69, 9.17) is 11.6 Å². The first-order valence-electron chi connectivity index (χ1n) is 13.2. The summed E-state index contributed by atoms with van der Waals surface area (Å²) >= 11 is 6.10. The van der Waals surface area contributed by atoms with Crippen LogP contribution in [0.15, 0.2) is 42.5 Å². The average Bonchev–Trinajstić information content (AvgIpc) is 3.72. The first-order chi connectivity index (χ1) is 18.4. The molecule has 3 fully saturated rings. The van der Waals surface area contributed by atoms with Gasteiger partial charge >= 0.3 is 12.4 Å². The van der Waals surface area contributed by atoms with E-state index < -0.39 is 35.0 Å². The first kappa shape index (κ1) is 28.2. The number of piperidine rings is 1. The van der Waals surface area contributed by atoms with Crippen LogP contribution in [0.3, 0.4) is 0 Å². The second-order valence-electron chi connectivity index (χ2n) is 10.8. The minimum atomic E-state index is -5.02. The lowest BCUT2D eigenvalue weighted by Gasteiger charge is -2.47. The Balaban J connectivity index is 1.38. The summed E-state index contributed by atoms with van der Waals surface area (Å²) in [4.78, 5) is 19.7. The van der Waals surface area contributed by atoms with Crippen molar-refractivity contribution in [3.05, 3.63) is 69.7 Å². The number of benzene rings is 2. The molecule has 5 rings (SSSR count). The second-order valence-corrected chi connectivity index (χ2v) is 11.3. The van der Waals surface area contributed by atoms with Crippen molar-refractivity contribution in [1.29, 1.82) is 0 Å². The fraction of sp³-hybridized carbons (Fsp3) is 0.536. The van der Waals surface area contributed by atoms with Gasteiger partial charge in [-0.3, -0.25) is 9.69 Å². The summed E-state index contributed by atoms with van der Waals surface area (Å²) in [5.41, 5.74) is -2.66. The SMILES string of the molecule is O=C(c1cc(C(F)(F)F)cc(C(F)(F)F)c1)N1CCC(N2CCN(CC3CC3)CC2)C(c2ccc(Cl)cc2)C1. The molecule has 2 saturated heterocycles. The van der Waals surface area contributed by atoms with Gasteiger partial charge in [-0.2, -0.15) is 26.3 Å². The van der Waals surface area contributed by atoms with E-state index >= 15 is 0 Å². The zero-order chi connectivity index (χ0) is 27.9. The predicted molar refractivity (Wildman–Crippen MR) is 136 cm³/mol.